The van der Waals surface area contributed by atoms with Gasteiger partial charge in [-0.2, -0.15) is 5.26 Å². The highest BCUT2D eigenvalue weighted by molar-refractivity contribution is 5.72. The van der Waals surface area contributed by atoms with Crippen molar-refractivity contribution in [3.05, 3.63) is 35.7 Å². The van der Waals surface area contributed by atoms with Crippen LogP contribution in [0.15, 0.2) is 24.3 Å². The molecule has 1 aromatic carbocycles. The molecule has 0 spiro atoms. The third-order valence-electron chi connectivity index (χ3n) is 3.19. The Morgan fingerprint density at radius 3 is 2.67 bits per heavy atom. The molecule has 0 radical (unpaired) electrons. The first-order chi connectivity index (χ1) is 9.88. The fourth-order valence-electron chi connectivity index (χ4n) is 2.24. The summed E-state index contributed by atoms with van der Waals surface area (Å²) in [7, 11) is 0. The molecule has 0 bridgehead atoms. The number of rotatable bonds is 2. The smallest absolute Gasteiger partial charge is 0.132 e. The van der Waals surface area contributed by atoms with Gasteiger partial charge in [0, 0.05) is 11.0 Å². The lowest BCUT2D eigenvalue weighted by atomic mass is 9.95. The zero-order chi connectivity index (χ0) is 15.6. The molecule has 0 aliphatic carbocycles. The van der Waals surface area contributed by atoms with Crippen LogP contribution in [0.5, 0.6) is 0 Å². The highest BCUT2D eigenvalue weighted by atomic mass is 15.1. The van der Waals surface area contributed by atoms with E-state index >= 15 is 0 Å². The molecule has 0 saturated carbocycles. The Kier molecular flexibility index (Phi) is 3.74. The molecule has 4 heteroatoms. The fraction of sp³-hybridized carbons (Fsp3) is 0.294. The van der Waals surface area contributed by atoms with Crippen LogP contribution >= 0.6 is 0 Å². The zero-order valence-corrected chi connectivity index (χ0v) is 12.5. The maximum atomic E-state index is 9.02. The highest BCUT2D eigenvalue weighted by Gasteiger charge is 2.25. The Labute approximate surface area is 125 Å². The summed E-state index contributed by atoms with van der Waals surface area (Å²) in [6.07, 6.45) is 5.44. The van der Waals surface area contributed by atoms with E-state index in [1.165, 1.54) is 0 Å². The molecule has 2 rings (SSSR count). The SMILES string of the molecule is C#CCn1c(C(C)(C)C)nc(-c2cccc(C#N)c2)c1N. The average molecular weight is 278 g/mol. The Morgan fingerprint density at radius 2 is 2.10 bits per heavy atom. The summed E-state index contributed by atoms with van der Waals surface area (Å²) in [5, 5.41) is 9.02. The van der Waals surface area contributed by atoms with Gasteiger partial charge in [-0.25, -0.2) is 4.98 Å². The third kappa shape index (κ3) is 2.75. The number of nitrogen functional groups attached to an aromatic ring is 1. The normalized spacial score (nSPS) is 10.9. The first-order valence-electron chi connectivity index (χ1n) is 6.69. The van der Waals surface area contributed by atoms with Crippen LogP contribution in [-0.4, -0.2) is 9.55 Å². The number of nitrogens with two attached hydrogens (primary N) is 1. The summed E-state index contributed by atoms with van der Waals surface area (Å²) in [6, 6.07) is 9.38. The van der Waals surface area contributed by atoms with Crippen LogP contribution in [0.25, 0.3) is 11.3 Å². The fourth-order valence-corrected chi connectivity index (χ4v) is 2.24. The van der Waals surface area contributed by atoms with Gasteiger partial charge in [0.15, 0.2) is 0 Å². The summed E-state index contributed by atoms with van der Waals surface area (Å²) in [6.45, 7) is 6.58. The molecule has 0 fully saturated rings. The van der Waals surface area contributed by atoms with E-state index in [0.717, 1.165) is 11.4 Å². The standard InChI is InChI=1S/C17H18N4/c1-5-9-21-15(19)14(20-16(21)17(2,3)4)13-8-6-7-12(10-13)11-18/h1,6-8,10H,9,19H2,2-4H3. The van der Waals surface area contributed by atoms with E-state index in [4.69, 9.17) is 17.4 Å². The minimum atomic E-state index is -0.171. The molecule has 0 saturated heterocycles. The topological polar surface area (TPSA) is 67.6 Å². The van der Waals surface area contributed by atoms with Gasteiger partial charge in [0.05, 0.1) is 18.2 Å². The molecule has 4 nitrogen and oxygen atoms in total. The van der Waals surface area contributed by atoms with Gasteiger partial charge in [0.25, 0.3) is 0 Å². The van der Waals surface area contributed by atoms with Gasteiger partial charge in [0.1, 0.15) is 17.3 Å². The number of nitriles is 1. The summed E-state index contributed by atoms with van der Waals surface area (Å²) in [4.78, 5) is 4.68. The second kappa shape index (κ2) is 5.34. The minimum Gasteiger partial charge on any atom is -0.383 e. The molecule has 0 atom stereocenters. The Hall–Kier alpha value is -2.72. The predicted molar refractivity (Wildman–Crippen MR) is 84.3 cm³/mol. The molecular weight excluding hydrogens is 260 g/mol. The first kappa shape index (κ1) is 14.7. The monoisotopic (exact) mass is 278 g/mol. The van der Waals surface area contributed by atoms with E-state index < -0.39 is 0 Å². The minimum absolute atomic E-state index is 0.171. The van der Waals surface area contributed by atoms with Gasteiger partial charge >= 0.3 is 0 Å². The lowest BCUT2D eigenvalue weighted by Gasteiger charge is -2.18. The van der Waals surface area contributed by atoms with Gasteiger partial charge in [-0.3, -0.25) is 0 Å². The van der Waals surface area contributed by atoms with Crippen LogP contribution in [0.3, 0.4) is 0 Å². The molecule has 2 aromatic rings. The van der Waals surface area contributed by atoms with Gasteiger partial charge < -0.3 is 10.3 Å². The number of hydrogen-bond acceptors (Lipinski definition) is 3. The largest absolute Gasteiger partial charge is 0.383 e. The molecule has 0 aliphatic rings. The Bertz CT molecular complexity index is 749. The molecule has 2 N–H and O–H groups in total. The summed E-state index contributed by atoms with van der Waals surface area (Å²) < 4.78 is 1.86. The molecular formula is C17H18N4. The van der Waals surface area contributed by atoms with Crippen LogP contribution in [-0.2, 0) is 12.0 Å². The number of terminal acetylenes is 1. The molecule has 106 valence electrons. The van der Waals surface area contributed by atoms with E-state index in [0.29, 0.717) is 23.6 Å². The van der Waals surface area contributed by atoms with Crippen molar-refractivity contribution in [1.82, 2.24) is 9.55 Å². The highest BCUT2D eigenvalue weighted by Crippen LogP contribution is 2.32. The summed E-state index contributed by atoms with van der Waals surface area (Å²) >= 11 is 0. The number of nitrogens with zero attached hydrogens (tertiary/aromatic N) is 3. The van der Waals surface area contributed by atoms with E-state index in [-0.39, 0.29) is 5.41 Å². The van der Waals surface area contributed by atoms with Gasteiger partial charge in [-0.15, -0.1) is 6.42 Å². The van der Waals surface area contributed by atoms with Crippen molar-refractivity contribution in [3.63, 3.8) is 0 Å². The van der Waals surface area contributed by atoms with Crippen LogP contribution in [0, 0.1) is 23.7 Å². The number of anilines is 1. The third-order valence-corrected chi connectivity index (χ3v) is 3.19. The van der Waals surface area contributed by atoms with Crippen molar-refractivity contribution in [3.8, 4) is 29.7 Å². The maximum absolute atomic E-state index is 9.02. The van der Waals surface area contributed by atoms with Crippen molar-refractivity contribution in [2.75, 3.05) is 5.73 Å². The molecule has 21 heavy (non-hydrogen) atoms. The number of benzene rings is 1. The Balaban J connectivity index is 2.66. The molecule has 0 amide bonds. The summed E-state index contributed by atoms with van der Waals surface area (Å²) in [5.74, 6) is 3.99. The van der Waals surface area contributed by atoms with Crippen LogP contribution in [0.4, 0.5) is 5.82 Å². The van der Waals surface area contributed by atoms with E-state index in [1.807, 2.05) is 16.7 Å². The van der Waals surface area contributed by atoms with Crippen LogP contribution < -0.4 is 5.73 Å². The second-order valence-corrected chi connectivity index (χ2v) is 5.90. The van der Waals surface area contributed by atoms with E-state index in [9.17, 15) is 0 Å². The van der Waals surface area contributed by atoms with Crippen LogP contribution in [0.2, 0.25) is 0 Å². The average Bonchev–Trinajstić information content (AvgIpc) is 2.77. The first-order valence-corrected chi connectivity index (χ1v) is 6.69. The van der Waals surface area contributed by atoms with Crippen molar-refractivity contribution >= 4 is 5.82 Å². The summed E-state index contributed by atoms with van der Waals surface area (Å²) in [5.41, 5.74) is 8.14. The Morgan fingerprint density at radius 1 is 1.38 bits per heavy atom. The predicted octanol–water partition coefficient (Wildman–Crippen LogP) is 2.93. The molecule has 1 heterocycles. The van der Waals surface area contributed by atoms with Crippen molar-refractivity contribution in [1.29, 1.82) is 5.26 Å². The van der Waals surface area contributed by atoms with Crippen molar-refractivity contribution in [2.24, 2.45) is 0 Å². The molecule has 0 aliphatic heterocycles. The number of aromatic nitrogens is 2. The molecule has 0 unspecified atom stereocenters. The number of imidazole rings is 1. The van der Waals surface area contributed by atoms with Crippen molar-refractivity contribution < 1.29 is 0 Å². The van der Waals surface area contributed by atoms with E-state index in [2.05, 4.69) is 37.7 Å². The molecule has 1 aromatic heterocycles. The maximum Gasteiger partial charge on any atom is 0.132 e. The number of hydrogen-bond donors (Lipinski definition) is 1. The quantitative estimate of drug-likeness (QED) is 0.859. The zero-order valence-electron chi connectivity index (χ0n) is 12.5. The van der Waals surface area contributed by atoms with Gasteiger partial charge in [-0.1, -0.05) is 38.8 Å². The second-order valence-electron chi connectivity index (χ2n) is 5.90. The van der Waals surface area contributed by atoms with Crippen LogP contribution in [0.1, 0.15) is 32.2 Å². The van der Waals surface area contributed by atoms with Gasteiger partial charge in [-0.05, 0) is 12.1 Å². The lowest BCUT2D eigenvalue weighted by molar-refractivity contribution is 0.517. The lowest BCUT2D eigenvalue weighted by Crippen LogP contribution is -2.19. The van der Waals surface area contributed by atoms with Crippen molar-refractivity contribution in [2.45, 2.75) is 32.7 Å². The van der Waals surface area contributed by atoms with E-state index in [1.54, 1.807) is 12.1 Å². The van der Waals surface area contributed by atoms with Gasteiger partial charge in [0.2, 0.25) is 0 Å².